The third-order valence-corrected chi connectivity index (χ3v) is 5.13. The fraction of sp³-hybridized carbons (Fsp3) is 0.353. The summed E-state index contributed by atoms with van der Waals surface area (Å²) in [6.07, 6.45) is 3.83. The Balaban J connectivity index is 2.47. The van der Waals surface area contributed by atoms with Gasteiger partial charge in [0.1, 0.15) is 5.76 Å². The maximum absolute atomic E-state index is 12.5. The summed E-state index contributed by atoms with van der Waals surface area (Å²) in [5.74, 6) is 0.475. The Morgan fingerprint density at radius 1 is 1.26 bits per heavy atom. The summed E-state index contributed by atoms with van der Waals surface area (Å²) in [6, 6.07) is 6.64. The van der Waals surface area contributed by atoms with E-state index in [1.54, 1.807) is 32.2 Å². The van der Waals surface area contributed by atoms with Gasteiger partial charge in [-0.2, -0.15) is 0 Å². The van der Waals surface area contributed by atoms with Crippen molar-refractivity contribution in [1.82, 2.24) is 0 Å². The van der Waals surface area contributed by atoms with Crippen LogP contribution < -0.4 is 0 Å². The van der Waals surface area contributed by atoms with Gasteiger partial charge in [-0.1, -0.05) is 25.4 Å². The zero-order valence-corrected chi connectivity index (χ0v) is 14.9. The number of benzene rings is 1. The molecule has 0 aliphatic heterocycles. The summed E-state index contributed by atoms with van der Waals surface area (Å²) in [6.45, 7) is 3.57. The molecule has 0 saturated carbocycles. The lowest BCUT2D eigenvalue weighted by Crippen LogP contribution is -2.13. The second-order valence-electron chi connectivity index (χ2n) is 5.81. The SMILES string of the molecule is CC(C)C(=O)c1cc(S(C)(=O)=O)c(Cl)cc1CCc1ccco1. The first kappa shape index (κ1) is 17.8. The van der Waals surface area contributed by atoms with Crippen LogP contribution in [0.5, 0.6) is 0 Å². The minimum Gasteiger partial charge on any atom is -0.469 e. The van der Waals surface area contributed by atoms with E-state index < -0.39 is 9.84 Å². The van der Waals surface area contributed by atoms with Crippen molar-refractivity contribution in [3.8, 4) is 0 Å². The number of aryl methyl sites for hydroxylation is 2. The van der Waals surface area contributed by atoms with Crippen molar-refractivity contribution in [3.05, 3.63) is 52.4 Å². The molecule has 0 fully saturated rings. The molecule has 0 unspecified atom stereocenters. The molecule has 0 amide bonds. The highest BCUT2D eigenvalue weighted by atomic mass is 35.5. The van der Waals surface area contributed by atoms with Crippen LogP contribution in [-0.4, -0.2) is 20.5 Å². The van der Waals surface area contributed by atoms with Crippen LogP contribution in [0.15, 0.2) is 39.8 Å². The van der Waals surface area contributed by atoms with Crippen molar-refractivity contribution in [2.24, 2.45) is 5.92 Å². The fourth-order valence-corrected chi connectivity index (χ4v) is 3.69. The molecular weight excluding hydrogens is 336 g/mol. The predicted octanol–water partition coefficient (Wildman–Crippen LogP) is 3.96. The Morgan fingerprint density at radius 2 is 1.96 bits per heavy atom. The van der Waals surface area contributed by atoms with Gasteiger partial charge in [0.15, 0.2) is 15.6 Å². The first-order valence-corrected chi connectivity index (χ1v) is 9.56. The lowest BCUT2D eigenvalue weighted by atomic mass is 9.94. The van der Waals surface area contributed by atoms with Crippen LogP contribution in [0.25, 0.3) is 0 Å². The normalized spacial score (nSPS) is 11.9. The summed E-state index contributed by atoms with van der Waals surface area (Å²) in [5, 5.41) is 0.141. The Labute approximate surface area is 141 Å². The molecule has 0 radical (unpaired) electrons. The monoisotopic (exact) mass is 354 g/mol. The van der Waals surface area contributed by atoms with E-state index in [-0.39, 0.29) is 21.6 Å². The van der Waals surface area contributed by atoms with E-state index in [1.807, 2.05) is 6.07 Å². The van der Waals surface area contributed by atoms with Gasteiger partial charge >= 0.3 is 0 Å². The molecule has 0 aliphatic carbocycles. The van der Waals surface area contributed by atoms with E-state index in [0.717, 1.165) is 17.6 Å². The van der Waals surface area contributed by atoms with Crippen molar-refractivity contribution in [3.63, 3.8) is 0 Å². The van der Waals surface area contributed by atoms with Crippen molar-refractivity contribution >= 4 is 27.2 Å². The molecule has 0 spiro atoms. The molecule has 1 heterocycles. The molecule has 0 N–H and O–H groups in total. The predicted molar refractivity (Wildman–Crippen MR) is 89.8 cm³/mol. The molecule has 0 saturated heterocycles. The zero-order chi connectivity index (χ0) is 17.2. The Hall–Kier alpha value is -1.59. The molecule has 2 rings (SSSR count). The van der Waals surface area contributed by atoms with Crippen molar-refractivity contribution < 1.29 is 17.6 Å². The summed E-state index contributed by atoms with van der Waals surface area (Å²) in [5.41, 5.74) is 1.15. The van der Waals surface area contributed by atoms with Crippen LogP contribution in [0.2, 0.25) is 5.02 Å². The number of sulfone groups is 1. The summed E-state index contributed by atoms with van der Waals surface area (Å²) >= 11 is 6.12. The number of carbonyl (C=O) groups is 1. The fourth-order valence-electron chi connectivity index (χ4n) is 2.34. The van der Waals surface area contributed by atoms with Gasteiger partial charge in [0.2, 0.25) is 0 Å². The molecular formula is C17H19ClO4S. The van der Waals surface area contributed by atoms with Gasteiger partial charge in [-0.15, -0.1) is 0 Å². The number of hydrogen-bond acceptors (Lipinski definition) is 4. The molecule has 4 nitrogen and oxygen atoms in total. The molecule has 23 heavy (non-hydrogen) atoms. The lowest BCUT2D eigenvalue weighted by Gasteiger charge is -2.13. The van der Waals surface area contributed by atoms with E-state index in [4.69, 9.17) is 16.0 Å². The number of carbonyl (C=O) groups excluding carboxylic acids is 1. The van der Waals surface area contributed by atoms with Crippen molar-refractivity contribution in [1.29, 1.82) is 0 Å². The largest absolute Gasteiger partial charge is 0.469 e. The number of rotatable bonds is 6. The quantitative estimate of drug-likeness (QED) is 0.736. The van der Waals surface area contributed by atoms with Crippen molar-refractivity contribution in [2.45, 2.75) is 31.6 Å². The van der Waals surface area contributed by atoms with Gasteiger partial charge in [0.25, 0.3) is 0 Å². The minimum atomic E-state index is -3.49. The van der Waals surface area contributed by atoms with Gasteiger partial charge < -0.3 is 4.42 Å². The highest BCUT2D eigenvalue weighted by molar-refractivity contribution is 7.90. The summed E-state index contributed by atoms with van der Waals surface area (Å²) in [7, 11) is -3.49. The highest BCUT2D eigenvalue weighted by Crippen LogP contribution is 2.28. The van der Waals surface area contributed by atoms with E-state index in [9.17, 15) is 13.2 Å². The topological polar surface area (TPSA) is 64.3 Å². The standard InChI is InChI=1S/C17H19ClO4S/c1-11(2)17(19)14-10-16(23(3,20)21)15(18)9-12(14)6-7-13-5-4-8-22-13/h4-5,8-11H,6-7H2,1-3H3. The second kappa shape index (κ2) is 6.89. The average molecular weight is 355 g/mol. The molecule has 0 atom stereocenters. The Morgan fingerprint density at radius 3 is 2.48 bits per heavy atom. The molecule has 1 aromatic carbocycles. The number of hydrogen-bond donors (Lipinski definition) is 0. The maximum atomic E-state index is 12.5. The Kier molecular flexibility index (Phi) is 5.32. The van der Waals surface area contributed by atoms with E-state index in [2.05, 4.69) is 0 Å². The molecule has 0 aliphatic rings. The van der Waals surface area contributed by atoms with Gasteiger partial charge in [-0.25, -0.2) is 8.42 Å². The third kappa shape index (κ3) is 4.24. The average Bonchev–Trinajstić information content (AvgIpc) is 2.96. The molecule has 0 bridgehead atoms. The third-order valence-electron chi connectivity index (χ3n) is 3.57. The van der Waals surface area contributed by atoms with Crippen LogP contribution in [-0.2, 0) is 22.7 Å². The summed E-state index contributed by atoms with van der Waals surface area (Å²) < 4.78 is 29.0. The second-order valence-corrected chi connectivity index (χ2v) is 8.20. The first-order valence-electron chi connectivity index (χ1n) is 7.29. The van der Waals surface area contributed by atoms with Gasteiger partial charge in [-0.3, -0.25) is 4.79 Å². The first-order chi connectivity index (χ1) is 10.7. The molecule has 2 aromatic rings. The number of ketones is 1. The molecule has 6 heteroatoms. The highest BCUT2D eigenvalue weighted by Gasteiger charge is 2.21. The van der Waals surface area contributed by atoms with Gasteiger partial charge in [-0.05, 0) is 36.2 Å². The van der Waals surface area contributed by atoms with Crippen LogP contribution in [0.1, 0.15) is 35.5 Å². The number of Topliss-reactive ketones (excluding diaryl/α,β-unsaturated/α-hetero) is 1. The minimum absolute atomic E-state index is 0.00934. The number of furan rings is 1. The maximum Gasteiger partial charge on any atom is 0.177 e. The summed E-state index contributed by atoms with van der Waals surface area (Å²) in [4.78, 5) is 12.4. The van der Waals surface area contributed by atoms with Gasteiger partial charge in [0, 0.05) is 24.2 Å². The Bertz CT molecular complexity index is 805. The smallest absolute Gasteiger partial charge is 0.177 e. The number of halogens is 1. The molecule has 124 valence electrons. The zero-order valence-electron chi connectivity index (χ0n) is 13.3. The van der Waals surface area contributed by atoms with Crippen LogP contribution in [0.3, 0.4) is 0 Å². The molecule has 1 aromatic heterocycles. The van der Waals surface area contributed by atoms with E-state index in [1.165, 1.54) is 6.07 Å². The van der Waals surface area contributed by atoms with Crippen LogP contribution in [0.4, 0.5) is 0 Å². The van der Waals surface area contributed by atoms with Crippen LogP contribution >= 0.6 is 11.6 Å². The lowest BCUT2D eigenvalue weighted by molar-refractivity contribution is 0.0938. The van der Waals surface area contributed by atoms with Gasteiger partial charge in [0.05, 0.1) is 16.2 Å². The van der Waals surface area contributed by atoms with E-state index >= 15 is 0 Å². The van der Waals surface area contributed by atoms with E-state index in [0.29, 0.717) is 18.4 Å². The van der Waals surface area contributed by atoms with Crippen molar-refractivity contribution in [2.75, 3.05) is 6.26 Å². The van der Waals surface area contributed by atoms with Crippen LogP contribution in [0, 0.1) is 5.92 Å².